The summed E-state index contributed by atoms with van der Waals surface area (Å²) in [5, 5.41) is 2.10. The van der Waals surface area contributed by atoms with Crippen molar-refractivity contribution in [1.82, 2.24) is 4.98 Å². The van der Waals surface area contributed by atoms with Gasteiger partial charge in [0, 0.05) is 21.4 Å². The second kappa shape index (κ2) is 6.87. The summed E-state index contributed by atoms with van der Waals surface area (Å²) in [6, 6.07) is 25.4. The fraction of sp³-hybridized carbons (Fsp3) is 0.0400. The molecule has 0 amide bonds. The van der Waals surface area contributed by atoms with Gasteiger partial charge in [0.2, 0.25) is 0 Å². The molecule has 5 aromatic rings. The Bertz CT molecular complexity index is 1420. The molecule has 3 aromatic carbocycles. The monoisotopic (exact) mass is 397 g/mol. The average molecular weight is 398 g/mol. The zero-order valence-electron chi connectivity index (χ0n) is 15.6. The van der Waals surface area contributed by atoms with Gasteiger partial charge in [-0.2, -0.15) is 0 Å². The summed E-state index contributed by atoms with van der Waals surface area (Å²) in [4.78, 5) is 17.5. The SMILES string of the molecule is Cc1ccc(-c2cc(-c3ccccc3)c3c(n2)c(=O)oc2ccc(Cl)cc23)cc1. The van der Waals surface area contributed by atoms with Gasteiger partial charge in [-0.15, -0.1) is 0 Å². The van der Waals surface area contributed by atoms with Crippen LogP contribution in [0.3, 0.4) is 0 Å². The number of fused-ring (bicyclic) bond motifs is 3. The van der Waals surface area contributed by atoms with Crippen molar-refractivity contribution >= 4 is 33.5 Å². The van der Waals surface area contributed by atoms with Crippen LogP contribution in [0, 0.1) is 6.92 Å². The lowest BCUT2D eigenvalue weighted by molar-refractivity contribution is 0.568. The summed E-state index contributed by atoms with van der Waals surface area (Å²) >= 11 is 6.26. The van der Waals surface area contributed by atoms with Crippen molar-refractivity contribution in [2.24, 2.45) is 0 Å². The van der Waals surface area contributed by atoms with Gasteiger partial charge >= 0.3 is 5.63 Å². The highest BCUT2D eigenvalue weighted by molar-refractivity contribution is 6.31. The van der Waals surface area contributed by atoms with Crippen LogP contribution in [0.25, 0.3) is 44.3 Å². The highest BCUT2D eigenvalue weighted by atomic mass is 35.5. The molecule has 29 heavy (non-hydrogen) atoms. The maximum absolute atomic E-state index is 12.8. The van der Waals surface area contributed by atoms with Crippen LogP contribution in [0.1, 0.15) is 5.56 Å². The number of pyridine rings is 1. The van der Waals surface area contributed by atoms with E-state index in [-0.39, 0.29) is 0 Å². The Kier molecular flexibility index (Phi) is 4.18. The number of aryl methyl sites for hydroxylation is 1. The molecule has 0 bridgehead atoms. The van der Waals surface area contributed by atoms with Crippen molar-refractivity contribution in [3.05, 3.63) is 99.9 Å². The normalized spacial score (nSPS) is 11.2. The van der Waals surface area contributed by atoms with E-state index in [0.717, 1.165) is 38.7 Å². The summed E-state index contributed by atoms with van der Waals surface area (Å²) in [5.74, 6) is 0. The van der Waals surface area contributed by atoms with Gasteiger partial charge in [0.05, 0.1) is 5.69 Å². The number of benzene rings is 3. The summed E-state index contributed by atoms with van der Waals surface area (Å²) < 4.78 is 5.55. The Labute approximate surface area is 172 Å². The molecule has 2 heterocycles. The van der Waals surface area contributed by atoms with E-state index in [9.17, 15) is 4.79 Å². The predicted octanol–water partition coefficient (Wildman–Crippen LogP) is 6.64. The molecule has 0 atom stereocenters. The first kappa shape index (κ1) is 17.7. The minimum Gasteiger partial charge on any atom is -0.421 e. The van der Waals surface area contributed by atoms with Crippen LogP contribution in [0.2, 0.25) is 5.02 Å². The van der Waals surface area contributed by atoms with E-state index >= 15 is 0 Å². The molecular weight excluding hydrogens is 382 g/mol. The Morgan fingerprint density at radius 1 is 0.862 bits per heavy atom. The first-order chi connectivity index (χ1) is 14.1. The fourth-order valence-corrected chi connectivity index (χ4v) is 3.79. The molecule has 0 saturated carbocycles. The number of hydrogen-bond donors (Lipinski definition) is 0. The van der Waals surface area contributed by atoms with Crippen LogP contribution in [-0.2, 0) is 0 Å². The number of rotatable bonds is 2. The van der Waals surface area contributed by atoms with Crippen molar-refractivity contribution in [3.63, 3.8) is 0 Å². The molecule has 140 valence electrons. The standard InChI is InChI=1S/C25H16ClNO2/c1-15-7-9-17(10-8-15)21-14-19(16-5-3-2-4-6-16)23-20-13-18(26)11-12-22(20)29-25(28)24(23)27-21/h2-14H,1H3. The lowest BCUT2D eigenvalue weighted by Crippen LogP contribution is -2.04. The van der Waals surface area contributed by atoms with E-state index in [4.69, 9.17) is 21.0 Å². The molecule has 0 radical (unpaired) electrons. The highest BCUT2D eigenvalue weighted by Gasteiger charge is 2.17. The fourth-order valence-electron chi connectivity index (χ4n) is 3.62. The van der Waals surface area contributed by atoms with Crippen molar-refractivity contribution < 1.29 is 4.42 Å². The van der Waals surface area contributed by atoms with Crippen molar-refractivity contribution in [1.29, 1.82) is 0 Å². The zero-order valence-corrected chi connectivity index (χ0v) is 16.4. The Hall–Kier alpha value is -3.43. The first-order valence-electron chi connectivity index (χ1n) is 9.30. The third kappa shape index (κ3) is 3.10. The molecule has 0 unspecified atom stereocenters. The van der Waals surface area contributed by atoms with E-state index in [1.807, 2.05) is 73.7 Å². The minimum absolute atomic E-state index is 0.302. The topological polar surface area (TPSA) is 43.1 Å². The lowest BCUT2D eigenvalue weighted by atomic mass is 9.96. The van der Waals surface area contributed by atoms with E-state index < -0.39 is 5.63 Å². The lowest BCUT2D eigenvalue weighted by Gasteiger charge is -2.12. The van der Waals surface area contributed by atoms with Crippen LogP contribution in [0.4, 0.5) is 0 Å². The number of nitrogens with zero attached hydrogens (tertiary/aromatic N) is 1. The summed E-state index contributed by atoms with van der Waals surface area (Å²) in [5.41, 5.74) is 5.10. The van der Waals surface area contributed by atoms with Crippen molar-refractivity contribution in [3.8, 4) is 22.4 Å². The molecule has 2 aromatic heterocycles. The molecule has 3 nitrogen and oxygen atoms in total. The van der Waals surface area contributed by atoms with Crippen molar-refractivity contribution in [2.45, 2.75) is 6.92 Å². The van der Waals surface area contributed by atoms with Gasteiger partial charge in [-0.05, 0) is 42.3 Å². The van der Waals surface area contributed by atoms with Crippen LogP contribution >= 0.6 is 11.6 Å². The second-order valence-electron chi connectivity index (χ2n) is 7.04. The largest absolute Gasteiger partial charge is 0.421 e. The molecule has 0 aliphatic heterocycles. The summed E-state index contributed by atoms with van der Waals surface area (Å²) in [7, 11) is 0. The van der Waals surface area contributed by atoms with E-state index in [2.05, 4.69) is 0 Å². The molecule has 0 aliphatic carbocycles. The molecule has 5 rings (SSSR count). The van der Waals surface area contributed by atoms with Gasteiger partial charge in [-0.25, -0.2) is 9.78 Å². The van der Waals surface area contributed by atoms with E-state index in [1.54, 1.807) is 12.1 Å². The molecule has 0 aliphatic rings. The first-order valence-corrected chi connectivity index (χ1v) is 9.67. The smallest absolute Gasteiger partial charge is 0.363 e. The Morgan fingerprint density at radius 3 is 2.38 bits per heavy atom. The van der Waals surface area contributed by atoms with Crippen molar-refractivity contribution in [2.75, 3.05) is 0 Å². The van der Waals surface area contributed by atoms with Gasteiger partial charge in [-0.3, -0.25) is 0 Å². The number of aromatic nitrogens is 1. The molecular formula is C25H16ClNO2. The van der Waals surface area contributed by atoms with Gasteiger partial charge in [0.15, 0.2) is 5.52 Å². The minimum atomic E-state index is -0.457. The third-order valence-electron chi connectivity index (χ3n) is 5.06. The molecule has 0 spiro atoms. The predicted molar refractivity (Wildman–Crippen MR) is 118 cm³/mol. The number of halogens is 1. The van der Waals surface area contributed by atoms with Crippen LogP contribution < -0.4 is 5.63 Å². The van der Waals surface area contributed by atoms with Crippen LogP contribution in [-0.4, -0.2) is 4.98 Å². The quantitative estimate of drug-likeness (QED) is 0.248. The number of hydrogen-bond acceptors (Lipinski definition) is 3. The third-order valence-corrected chi connectivity index (χ3v) is 5.29. The second-order valence-corrected chi connectivity index (χ2v) is 7.48. The highest BCUT2D eigenvalue weighted by Crippen LogP contribution is 2.36. The van der Waals surface area contributed by atoms with Crippen LogP contribution in [0.5, 0.6) is 0 Å². The Morgan fingerprint density at radius 2 is 1.62 bits per heavy atom. The molecule has 0 saturated heterocycles. The summed E-state index contributed by atoms with van der Waals surface area (Å²) in [6.45, 7) is 2.04. The molecule has 4 heteroatoms. The Balaban J connectivity index is 1.95. The van der Waals surface area contributed by atoms with Gasteiger partial charge in [-0.1, -0.05) is 71.8 Å². The van der Waals surface area contributed by atoms with Gasteiger partial charge in [0.1, 0.15) is 5.58 Å². The maximum Gasteiger partial charge on any atom is 0.363 e. The van der Waals surface area contributed by atoms with Gasteiger partial charge < -0.3 is 4.42 Å². The van der Waals surface area contributed by atoms with E-state index in [1.165, 1.54) is 0 Å². The van der Waals surface area contributed by atoms with Crippen LogP contribution in [0.15, 0.2) is 88.1 Å². The van der Waals surface area contributed by atoms with Gasteiger partial charge in [0.25, 0.3) is 0 Å². The zero-order chi connectivity index (χ0) is 20.0. The molecule has 0 N–H and O–H groups in total. The molecule has 0 fully saturated rings. The van der Waals surface area contributed by atoms with E-state index in [0.29, 0.717) is 16.1 Å². The average Bonchev–Trinajstić information content (AvgIpc) is 2.75. The summed E-state index contributed by atoms with van der Waals surface area (Å²) in [6.07, 6.45) is 0. The maximum atomic E-state index is 12.8.